The Labute approximate surface area is 190 Å². The van der Waals surface area contributed by atoms with Gasteiger partial charge < -0.3 is 9.88 Å². The molecule has 3 unspecified atom stereocenters. The topological polar surface area (TPSA) is 68.2 Å². The number of hydrogen-bond donors (Lipinski definition) is 1. The Morgan fingerprint density at radius 1 is 1.25 bits per heavy atom. The molecule has 0 aliphatic heterocycles. The molecular formula is C25H35FN2O3S. The number of aryl methyl sites for hydroxylation is 2. The molecule has 0 spiro atoms. The van der Waals surface area contributed by atoms with Crippen LogP contribution < -0.4 is 5.32 Å². The van der Waals surface area contributed by atoms with E-state index < -0.39 is 9.84 Å². The van der Waals surface area contributed by atoms with Gasteiger partial charge in [0.1, 0.15) is 15.7 Å². The molecule has 2 aliphatic carbocycles. The number of benzene rings is 1. The molecule has 3 atom stereocenters. The summed E-state index contributed by atoms with van der Waals surface area (Å²) in [6.07, 6.45) is 5.03. The first kappa shape index (κ1) is 23.3. The second-order valence-electron chi connectivity index (χ2n) is 11.0. The quantitative estimate of drug-likeness (QED) is 0.672. The second kappa shape index (κ2) is 7.57. The molecule has 1 N–H and O–H groups in total. The van der Waals surface area contributed by atoms with Crippen LogP contribution in [0.25, 0.3) is 10.9 Å². The number of nitrogens with one attached hydrogen (secondary N) is 1. The fourth-order valence-electron chi connectivity index (χ4n) is 6.55. The summed E-state index contributed by atoms with van der Waals surface area (Å²) in [7, 11) is -3.12. The van der Waals surface area contributed by atoms with E-state index in [4.69, 9.17) is 0 Å². The summed E-state index contributed by atoms with van der Waals surface area (Å²) in [4.78, 5) is 13.6. The van der Waals surface area contributed by atoms with Crippen molar-refractivity contribution in [2.24, 2.45) is 16.7 Å². The molecule has 2 aromatic rings. The van der Waals surface area contributed by atoms with E-state index in [-0.39, 0.29) is 34.3 Å². The highest BCUT2D eigenvalue weighted by Crippen LogP contribution is 2.62. The van der Waals surface area contributed by atoms with Crippen LogP contribution in [-0.2, 0) is 16.4 Å². The highest BCUT2D eigenvalue weighted by Gasteiger charge is 2.59. The lowest BCUT2D eigenvalue weighted by Gasteiger charge is -2.43. The van der Waals surface area contributed by atoms with E-state index >= 15 is 4.39 Å². The van der Waals surface area contributed by atoms with Gasteiger partial charge in [-0.05, 0) is 61.8 Å². The van der Waals surface area contributed by atoms with Gasteiger partial charge in [-0.2, -0.15) is 0 Å². The molecule has 176 valence electrons. The van der Waals surface area contributed by atoms with Crippen molar-refractivity contribution in [3.8, 4) is 0 Å². The molecule has 1 heterocycles. The maximum atomic E-state index is 15.2. The minimum atomic E-state index is -3.12. The van der Waals surface area contributed by atoms with Crippen molar-refractivity contribution in [3.63, 3.8) is 0 Å². The van der Waals surface area contributed by atoms with Crippen molar-refractivity contribution in [2.75, 3.05) is 12.0 Å². The standard InChI is InChI=1S/C25H35FN2O3S/c1-15-8-9-18-19(16(2)28(21(18)20(15)26)12-7-13-32(6,30)31)22(29)27-23-24(3,4)17-10-11-25(23,5)14-17/h8-9,17,23H,7,10-14H2,1-6H3,(H,27,29). The predicted molar refractivity (Wildman–Crippen MR) is 126 cm³/mol. The number of nitrogens with zero attached hydrogens (tertiary/aromatic N) is 1. The van der Waals surface area contributed by atoms with Crippen LogP contribution >= 0.6 is 0 Å². The SMILES string of the molecule is Cc1ccc2c(C(=O)NC3C4(C)CCC(C4)C3(C)C)c(C)n(CCCS(C)(=O)=O)c2c1F. The first-order chi connectivity index (χ1) is 14.8. The van der Waals surface area contributed by atoms with Crippen molar-refractivity contribution in [1.82, 2.24) is 9.88 Å². The fourth-order valence-corrected chi connectivity index (χ4v) is 7.20. The second-order valence-corrected chi connectivity index (χ2v) is 13.3. The maximum Gasteiger partial charge on any atom is 0.253 e. The number of halogens is 1. The Morgan fingerprint density at radius 2 is 1.94 bits per heavy atom. The lowest BCUT2D eigenvalue weighted by Crippen LogP contribution is -2.52. The van der Waals surface area contributed by atoms with Gasteiger partial charge in [-0.1, -0.05) is 32.9 Å². The molecule has 2 bridgehead atoms. The van der Waals surface area contributed by atoms with Gasteiger partial charge in [-0.15, -0.1) is 0 Å². The highest BCUT2D eigenvalue weighted by atomic mass is 32.2. The lowest BCUT2D eigenvalue weighted by molar-refractivity contribution is 0.0738. The molecule has 0 saturated heterocycles. The van der Waals surface area contributed by atoms with Gasteiger partial charge in [0, 0.05) is 29.9 Å². The molecule has 2 saturated carbocycles. The molecule has 1 aromatic heterocycles. The van der Waals surface area contributed by atoms with Gasteiger partial charge in [-0.25, -0.2) is 12.8 Å². The Kier molecular flexibility index (Phi) is 5.51. The number of rotatable bonds is 6. The molecule has 32 heavy (non-hydrogen) atoms. The van der Waals surface area contributed by atoms with Gasteiger partial charge in [0.05, 0.1) is 16.8 Å². The van der Waals surface area contributed by atoms with E-state index in [2.05, 4.69) is 26.1 Å². The molecular weight excluding hydrogens is 427 g/mol. The van der Waals surface area contributed by atoms with Crippen LogP contribution in [0.15, 0.2) is 12.1 Å². The maximum absolute atomic E-state index is 15.2. The minimum Gasteiger partial charge on any atom is -0.348 e. The summed E-state index contributed by atoms with van der Waals surface area (Å²) in [6, 6.07) is 3.59. The molecule has 0 radical (unpaired) electrons. The summed E-state index contributed by atoms with van der Waals surface area (Å²) in [5.74, 6) is 0.119. The molecule has 5 nitrogen and oxygen atoms in total. The average molecular weight is 463 g/mol. The fraction of sp³-hybridized carbons (Fsp3) is 0.640. The van der Waals surface area contributed by atoms with Crippen molar-refractivity contribution in [3.05, 3.63) is 34.8 Å². The minimum absolute atomic E-state index is 0.0201. The van der Waals surface area contributed by atoms with Gasteiger partial charge in [0.2, 0.25) is 0 Å². The number of sulfone groups is 1. The van der Waals surface area contributed by atoms with E-state index in [1.807, 2.05) is 13.0 Å². The van der Waals surface area contributed by atoms with Crippen LogP contribution in [0.4, 0.5) is 4.39 Å². The predicted octanol–water partition coefficient (Wildman–Crippen LogP) is 4.78. The Hall–Kier alpha value is -1.89. The molecule has 7 heteroatoms. The van der Waals surface area contributed by atoms with Crippen molar-refractivity contribution < 1.29 is 17.6 Å². The highest BCUT2D eigenvalue weighted by molar-refractivity contribution is 7.90. The van der Waals surface area contributed by atoms with Crippen LogP contribution in [0.5, 0.6) is 0 Å². The largest absolute Gasteiger partial charge is 0.348 e. The van der Waals surface area contributed by atoms with Gasteiger partial charge in [0.15, 0.2) is 0 Å². The third-order valence-corrected chi connectivity index (χ3v) is 9.31. The number of carbonyl (C=O) groups is 1. The molecule has 2 aliphatic rings. The summed E-state index contributed by atoms with van der Waals surface area (Å²) < 4.78 is 40.2. The van der Waals surface area contributed by atoms with Crippen molar-refractivity contribution in [2.45, 2.75) is 72.9 Å². The molecule has 2 fully saturated rings. The monoisotopic (exact) mass is 462 g/mol. The van der Waals surface area contributed by atoms with E-state index in [1.165, 1.54) is 12.7 Å². The normalized spacial score (nSPS) is 26.7. The van der Waals surface area contributed by atoms with E-state index in [1.54, 1.807) is 17.6 Å². The molecule has 1 amide bonds. The number of carbonyl (C=O) groups excluding carboxylic acids is 1. The van der Waals surface area contributed by atoms with Crippen LogP contribution in [0.3, 0.4) is 0 Å². The first-order valence-corrected chi connectivity index (χ1v) is 13.6. The third kappa shape index (κ3) is 3.66. The zero-order chi connectivity index (χ0) is 23.6. The van der Waals surface area contributed by atoms with Gasteiger partial charge in [0.25, 0.3) is 5.91 Å². The van der Waals surface area contributed by atoms with Crippen molar-refractivity contribution in [1.29, 1.82) is 0 Å². The molecule has 1 aromatic carbocycles. The summed E-state index contributed by atoms with van der Waals surface area (Å²) in [5, 5.41) is 3.94. The Morgan fingerprint density at radius 3 is 2.53 bits per heavy atom. The number of amides is 1. The van der Waals surface area contributed by atoms with Crippen LogP contribution in [0.2, 0.25) is 0 Å². The summed E-state index contributed by atoms with van der Waals surface area (Å²) in [6.45, 7) is 10.7. The zero-order valence-corrected chi connectivity index (χ0v) is 20.8. The van der Waals surface area contributed by atoms with Crippen LogP contribution in [0, 0.1) is 36.4 Å². The van der Waals surface area contributed by atoms with Crippen molar-refractivity contribution >= 4 is 26.6 Å². The summed E-state index contributed by atoms with van der Waals surface area (Å²) in [5.41, 5.74) is 2.19. The smallest absolute Gasteiger partial charge is 0.253 e. The van der Waals surface area contributed by atoms with Gasteiger partial charge in [-0.3, -0.25) is 4.79 Å². The average Bonchev–Trinajstić information content (AvgIpc) is 3.26. The zero-order valence-electron chi connectivity index (χ0n) is 20.0. The number of hydrogen-bond acceptors (Lipinski definition) is 3. The van der Waals surface area contributed by atoms with E-state index in [0.717, 1.165) is 12.8 Å². The number of aromatic nitrogens is 1. The van der Waals surface area contributed by atoms with Crippen LogP contribution in [-0.4, -0.2) is 36.9 Å². The van der Waals surface area contributed by atoms with E-state index in [9.17, 15) is 13.2 Å². The first-order valence-electron chi connectivity index (χ1n) is 11.5. The summed E-state index contributed by atoms with van der Waals surface area (Å²) >= 11 is 0. The van der Waals surface area contributed by atoms with E-state index in [0.29, 0.717) is 46.6 Å². The lowest BCUT2D eigenvalue weighted by atomic mass is 9.68. The Balaban J connectivity index is 1.73. The van der Waals surface area contributed by atoms with Crippen LogP contribution in [0.1, 0.15) is 68.1 Å². The van der Waals surface area contributed by atoms with Gasteiger partial charge >= 0.3 is 0 Å². The third-order valence-electron chi connectivity index (χ3n) is 8.28. The molecule has 4 rings (SSSR count). The number of fused-ring (bicyclic) bond motifs is 3. The Bertz CT molecular complexity index is 1190.